The number of rotatable bonds is 8. The molecular formula is C12H22N4O7. The Morgan fingerprint density at radius 2 is 1.17 bits per heavy atom. The van der Waals surface area contributed by atoms with E-state index in [1.54, 1.807) is 0 Å². The fourth-order valence-corrected chi connectivity index (χ4v) is 1.21. The predicted octanol–water partition coefficient (Wildman–Crippen LogP) is -4.30. The van der Waals surface area contributed by atoms with Crippen molar-refractivity contribution in [3.05, 3.63) is 0 Å². The molecule has 0 aromatic carbocycles. The SMILES string of the molecule is C[C@@H](N)C(=O)N[C@@H](CO)C(=O)OC(=O)[C@H](CO)NC(=O)[C@@H](C)N. The molecule has 132 valence electrons. The minimum atomic E-state index is -1.51. The largest absolute Gasteiger partial charge is 0.394 e. The molecule has 0 fully saturated rings. The average Bonchev–Trinajstić information content (AvgIpc) is 2.48. The second-order valence-corrected chi connectivity index (χ2v) is 4.80. The highest BCUT2D eigenvalue weighted by molar-refractivity contribution is 5.95. The number of hydrogen-bond donors (Lipinski definition) is 6. The zero-order valence-electron chi connectivity index (χ0n) is 12.8. The number of carbonyl (C=O) groups is 4. The standard InChI is InChI=1S/C12H22N4O7/c1-5(13)9(19)15-7(3-17)11(21)23-12(22)8(4-18)16-10(20)6(2)14/h5-8,17-18H,3-4,13-14H2,1-2H3,(H,15,19)(H,16,20)/t5-,6-,7+,8+/m1/s1. The van der Waals surface area contributed by atoms with Gasteiger partial charge in [-0.15, -0.1) is 0 Å². The lowest BCUT2D eigenvalue weighted by atomic mass is 10.2. The van der Waals surface area contributed by atoms with Crippen LogP contribution in [0.3, 0.4) is 0 Å². The van der Waals surface area contributed by atoms with Crippen LogP contribution in [0.1, 0.15) is 13.8 Å². The Bertz CT molecular complexity index is 413. The van der Waals surface area contributed by atoms with Gasteiger partial charge in [0, 0.05) is 0 Å². The summed E-state index contributed by atoms with van der Waals surface area (Å²) >= 11 is 0. The molecule has 0 aliphatic rings. The molecule has 11 nitrogen and oxygen atoms in total. The molecule has 23 heavy (non-hydrogen) atoms. The van der Waals surface area contributed by atoms with Crippen LogP contribution in [0.5, 0.6) is 0 Å². The summed E-state index contributed by atoms with van der Waals surface area (Å²) in [6.07, 6.45) is 0. The molecule has 8 N–H and O–H groups in total. The zero-order chi connectivity index (χ0) is 18.2. The summed E-state index contributed by atoms with van der Waals surface area (Å²) in [5, 5.41) is 22.3. The predicted molar refractivity (Wildman–Crippen MR) is 76.4 cm³/mol. The number of aliphatic hydroxyl groups excluding tert-OH is 2. The van der Waals surface area contributed by atoms with Crippen molar-refractivity contribution in [2.45, 2.75) is 38.0 Å². The fourth-order valence-electron chi connectivity index (χ4n) is 1.21. The van der Waals surface area contributed by atoms with Crippen LogP contribution in [0.25, 0.3) is 0 Å². The van der Waals surface area contributed by atoms with E-state index in [9.17, 15) is 19.2 Å². The average molecular weight is 334 g/mol. The number of carbonyl (C=O) groups excluding carboxylic acids is 4. The van der Waals surface area contributed by atoms with Gasteiger partial charge < -0.3 is 37.1 Å². The molecule has 0 bridgehead atoms. The Morgan fingerprint density at radius 3 is 1.39 bits per heavy atom. The van der Waals surface area contributed by atoms with Crippen molar-refractivity contribution in [2.75, 3.05) is 13.2 Å². The maximum absolute atomic E-state index is 11.7. The number of aliphatic hydroxyl groups is 2. The monoisotopic (exact) mass is 334 g/mol. The molecule has 0 saturated heterocycles. The molecule has 0 aromatic heterocycles. The van der Waals surface area contributed by atoms with E-state index >= 15 is 0 Å². The molecule has 0 unspecified atom stereocenters. The van der Waals surface area contributed by atoms with Gasteiger partial charge in [0.2, 0.25) is 11.8 Å². The molecule has 0 radical (unpaired) electrons. The highest BCUT2D eigenvalue weighted by atomic mass is 16.6. The van der Waals surface area contributed by atoms with E-state index in [1.807, 2.05) is 0 Å². The molecule has 0 saturated carbocycles. The first-order valence-electron chi connectivity index (χ1n) is 6.73. The van der Waals surface area contributed by atoms with Crippen molar-refractivity contribution in [3.63, 3.8) is 0 Å². The van der Waals surface area contributed by atoms with E-state index < -0.39 is 61.1 Å². The number of hydrogen-bond acceptors (Lipinski definition) is 9. The van der Waals surface area contributed by atoms with Crippen molar-refractivity contribution >= 4 is 23.8 Å². The molecule has 0 aliphatic carbocycles. The van der Waals surface area contributed by atoms with Gasteiger partial charge in [0.05, 0.1) is 25.3 Å². The fraction of sp³-hybridized carbons (Fsp3) is 0.667. The normalized spacial score (nSPS) is 15.7. The smallest absolute Gasteiger partial charge is 0.338 e. The maximum atomic E-state index is 11.7. The first-order valence-corrected chi connectivity index (χ1v) is 6.73. The zero-order valence-corrected chi connectivity index (χ0v) is 12.8. The first-order chi connectivity index (χ1) is 10.6. The van der Waals surface area contributed by atoms with Gasteiger partial charge >= 0.3 is 11.9 Å². The number of amides is 2. The molecule has 0 heterocycles. The highest BCUT2D eigenvalue weighted by Gasteiger charge is 2.29. The molecule has 0 aromatic rings. The van der Waals surface area contributed by atoms with Crippen LogP contribution in [0.15, 0.2) is 0 Å². The molecule has 0 aliphatic heterocycles. The minimum Gasteiger partial charge on any atom is -0.394 e. The lowest BCUT2D eigenvalue weighted by Crippen LogP contribution is -2.53. The second-order valence-electron chi connectivity index (χ2n) is 4.80. The third-order valence-corrected chi connectivity index (χ3v) is 2.60. The molecule has 2 amide bonds. The van der Waals surface area contributed by atoms with Crippen molar-refractivity contribution < 1.29 is 34.1 Å². The van der Waals surface area contributed by atoms with Crippen LogP contribution in [0, 0.1) is 0 Å². The third kappa shape index (κ3) is 7.15. The van der Waals surface area contributed by atoms with E-state index in [1.165, 1.54) is 13.8 Å². The summed E-state index contributed by atoms with van der Waals surface area (Å²) in [6, 6.07) is -4.91. The van der Waals surface area contributed by atoms with Gasteiger partial charge in [-0.3, -0.25) is 9.59 Å². The molecule has 0 rings (SSSR count). The summed E-state index contributed by atoms with van der Waals surface area (Å²) in [6.45, 7) is 1.04. The second kappa shape index (κ2) is 9.84. The van der Waals surface area contributed by atoms with E-state index in [0.717, 1.165) is 0 Å². The summed E-state index contributed by atoms with van der Waals surface area (Å²) in [5.74, 6) is -4.00. The van der Waals surface area contributed by atoms with Gasteiger partial charge in [-0.05, 0) is 13.8 Å². The molecule has 0 spiro atoms. The van der Waals surface area contributed by atoms with Gasteiger partial charge in [-0.1, -0.05) is 0 Å². The number of ether oxygens (including phenoxy) is 1. The lowest BCUT2D eigenvalue weighted by Gasteiger charge is -2.19. The number of nitrogens with two attached hydrogens (primary N) is 2. The Kier molecular flexibility index (Phi) is 8.95. The lowest BCUT2D eigenvalue weighted by molar-refractivity contribution is -0.165. The minimum absolute atomic E-state index is 0.739. The van der Waals surface area contributed by atoms with Crippen molar-refractivity contribution in [3.8, 4) is 0 Å². The van der Waals surface area contributed by atoms with Gasteiger partial charge in [0.25, 0.3) is 0 Å². The van der Waals surface area contributed by atoms with Crippen LogP contribution >= 0.6 is 0 Å². The van der Waals surface area contributed by atoms with E-state index in [2.05, 4.69) is 15.4 Å². The Labute approximate surface area is 132 Å². The van der Waals surface area contributed by atoms with Crippen LogP contribution in [-0.2, 0) is 23.9 Å². The summed E-state index contributed by atoms with van der Waals surface area (Å²) in [4.78, 5) is 46.1. The van der Waals surface area contributed by atoms with Crippen LogP contribution in [0.4, 0.5) is 0 Å². The Morgan fingerprint density at radius 1 is 0.870 bits per heavy atom. The van der Waals surface area contributed by atoms with Gasteiger partial charge in [-0.25, -0.2) is 9.59 Å². The van der Waals surface area contributed by atoms with Gasteiger partial charge in [0.1, 0.15) is 0 Å². The molecule has 11 heteroatoms. The highest BCUT2D eigenvalue weighted by Crippen LogP contribution is 1.96. The number of nitrogens with one attached hydrogen (secondary N) is 2. The van der Waals surface area contributed by atoms with Gasteiger partial charge in [-0.2, -0.15) is 0 Å². The summed E-state index contributed by atoms with van der Waals surface area (Å²) < 4.78 is 4.41. The van der Waals surface area contributed by atoms with E-state index in [4.69, 9.17) is 21.7 Å². The summed E-state index contributed by atoms with van der Waals surface area (Å²) in [5.41, 5.74) is 10.6. The van der Waals surface area contributed by atoms with E-state index in [-0.39, 0.29) is 0 Å². The molecule has 4 atom stereocenters. The van der Waals surface area contributed by atoms with Crippen molar-refractivity contribution in [2.24, 2.45) is 11.5 Å². The number of esters is 2. The van der Waals surface area contributed by atoms with Crippen molar-refractivity contribution in [1.82, 2.24) is 10.6 Å². The summed E-state index contributed by atoms with van der Waals surface area (Å²) in [7, 11) is 0. The van der Waals surface area contributed by atoms with Crippen LogP contribution in [-0.4, -0.2) is 71.3 Å². The maximum Gasteiger partial charge on any atom is 0.338 e. The van der Waals surface area contributed by atoms with Gasteiger partial charge in [0.15, 0.2) is 12.1 Å². The third-order valence-electron chi connectivity index (χ3n) is 2.60. The quantitative estimate of drug-likeness (QED) is 0.188. The van der Waals surface area contributed by atoms with Crippen LogP contribution < -0.4 is 22.1 Å². The van der Waals surface area contributed by atoms with Crippen LogP contribution in [0.2, 0.25) is 0 Å². The molecular weight excluding hydrogens is 312 g/mol. The van der Waals surface area contributed by atoms with E-state index in [0.29, 0.717) is 0 Å². The Hall–Kier alpha value is -2.08. The van der Waals surface area contributed by atoms with Crippen molar-refractivity contribution in [1.29, 1.82) is 0 Å². The Balaban J connectivity index is 4.73. The first kappa shape index (κ1) is 20.9. The topological polar surface area (TPSA) is 194 Å².